The molecule has 1 N–H and O–H groups in total. The molecule has 3 heteroatoms. The fourth-order valence-corrected chi connectivity index (χ4v) is 2.71. The Morgan fingerprint density at radius 2 is 1.81 bits per heavy atom. The number of halogens is 1. The van der Waals surface area contributed by atoms with Crippen LogP contribution >= 0.6 is 15.9 Å². The third-order valence-electron chi connectivity index (χ3n) is 3.16. The van der Waals surface area contributed by atoms with Crippen LogP contribution in [0.15, 0.2) is 22.7 Å². The van der Waals surface area contributed by atoms with Crippen molar-refractivity contribution in [1.82, 2.24) is 0 Å². The van der Waals surface area contributed by atoms with Crippen LogP contribution in [-0.2, 0) is 6.61 Å². The molecule has 0 atom stereocenters. The summed E-state index contributed by atoms with van der Waals surface area (Å²) in [5, 5.41) is 9.40. The highest BCUT2D eigenvalue weighted by atomic mass is 79.9. The summed E-state index contributed by atoms with van der Waals surface area (Å²) < 4.78 is 1.04. The molecule has 0 bridgehead atoms. The quantitative estimate of drug-likeness (QED) is 0.900. The largest absolute Gasteiger partial charge is 0.392 e. The first kappa shape index (κ1) is 11.9. The lowest BCUT2D eigenvalue weighted by Crippen LogP contribution is -2.25. The molecular formula is C13H18BrNO. The van der Waals surface area contributed by atoms with Crippen LogP contribution in [0.5, 0.6) is 0 Å². The summed E-state index contributed by atoms with van der Waals surface area (Å²) >= 11 is 3.45. The molecule has 88 valence electrons. The first-order chi connectivity index (χ1) is 7.81. The van der Waals surface area contributed by atoms with E-state index >= 15 is 0 Å². The molecule has 1 aliphatic heterocycles. The van der Waals surface area contributed by atoms with Gasteiger partial charge in [-0.05, 0) is 31.0 Å². The third-order valence-corrected chi connectivity index (χ3v) is 3.65. The molecule has 1 aromatic rings. The van der Waals surface area contributed by atoms with Crippen molar-refractivity contribution in [2.45, 2.75) is 32.3 Å². The van der Waals surface area contributed by atoms with Gasteiger partial charge in [0.1, 0.15) is 0 Å². The SMILES string of the molecule is OCc1cc(Br)ccc1N1CCCCCC1. The number of aliphatic hydroxyl groups is 1. The highest BCUT2D eigenvalue weighted by Crippen LogP contribution is 2.26. The molecule has 0 unspecified atom stereocenters. The number of benzene rings is 1. The van der Waals surface area contributed by atoms with Crippen LogP contribution in [0, 0.1) is 0 Å². The Balaban J connectivity index is 2.23. The van der Waals surface area contributed by atoms with E-state index in [4.69, 9.17) is 0 Å². The van der Waals surface area contributed by atoms with E-state index in [-0.39, 0.29) is 6.61 Å². The summed E-state index contributed by atoms with van der Waals surface area (Å²) in [5.74, 6) is 0. The zero-order chi connectivity index (χ0) is 11.4. The molecule has 16 heavy (non-hydrogen) atoms. The van der Waals surface area contributed by atoms with Crippen LogP contribution in [-0.4, -0.2) is 18.2 Å². The van der Waals surface area contributed by atoms with Crippen molar-refractivity contribution in [2.24, 2.45) is 0 Å². The molecule has 0 radical (unpaired) electrons. The summed E-state index contributed by atoms with van der Waals surface area (Å²) in [4.78, 5) is 2.41. The molecule has 1 fully saturated rings. The highest BCUT2D eigenvalue weighted by molar-refractivity contribution is 9.10. The lowest BCUT2D eigenvalue weighted by Gasteiger charge is -2.25. The van der Waals surface area contributed by atoms with E-state index in [1.54, 1.807) is 0 Å². The average Bonchev–Trinajstić information content (AvgIpc) is 2.57. The van der Waals surface area contributed by atoms with Gasteiger partial charge in [0.2, 0.25) is 0 Å². The maximum atomic E-state index is 9.40. The Bertz CT molecular complexity index is 346. The first-order valence-corrected chi connectivity index (χ1v) is 6.75. The zero-order valence-electron chi connectivity index (χ0n) is 9.45. The van der Waals surface area contributed by atoms with E-state index in [1.807, 2.05) is 6.07 Å². The second-order valence-electron chi connectivity index (χ2n) is 4.33. The van der Waals surface area contributed by atoms with Gasteiger partial charge < -0.3 is 10.0 Å². The minimum absolute atomic E-state index is 0.116. The van der Waals surface area contributed by atoms with E-state index < -0.39 is 0 Å². The van der Waals surface area contributed by atoms with E-state index in [9.17, 15) is 5.11 Å². The lowest BCUT2D eigenvalue weighted by atomic mass is 10.1. The molecule has 1 aliphatic rings. The molecule has 1 saturated heterocycles. The number of rotatable bonds is 2. The molecule has 0 saturated carbocycles. The van der Waals surface area contributed by atoms with Crippen LogP contribution in [0.3, 0.4) is 0 Å². The van der Waals surface area contributed by atoms with E-state index in [1.165, 1.54) is 31.4 Å². The Kier molecular flexibility index (Phi) is 4.24. The van der Waals surface area contributed by atoms with Crippen molar-refractivity contribution in [3.63, 3.8) is 0 Å². The fourth-order valence-electron chi connectivity index (χ4n) is 2.30. The fraction of sp³-hybridized carbons (Fsp3) is 0.538. The number of hydrogen-bond donors (Lipinski definition) is 1. The van der Waals surface area contributed by atoms with E-state index in [0.29, 0.717) is 0 Å². The maximum Gasteiger partial charge on any atom is 0.0702 e. The number of hydrogen-bond acceptors (Lipinski definition) is 2. The minimum Gasteiger partial charge on any atom is -0.392 e. The first-order valence-electron chi connectivity index (χ1n) is 5.95. The Labute approximate surface area is 105 Å². The van der Waals surface area contributed by atoms with Crippen LogP contribution in [0.4, 0.5) is 5.69 Å². The van der Waals surface area contributed by atoms with Gasteiger partial charge in [-0.25, -0.2) is 0 Å². The molecular weight excluding hydrogens is 266 g/mol. The maximum absolute atomic E-state index is 9.40. The Morgan fingerprint density at radius 3 is 2.44 bits per heavy atom. The van der Waals surface area contributed by atoms with E-state index in [0.717, 1.165) is 23.1 Å². The predicted octanol–water partition coefficient (Wildman–Crippen LogP) is 3.32. The van der Waals surface area contributed by atoms with Gasteiger partial charge in [-0.3, -0.25) is 0 Å². The monoisotopic (exact) mass is 283 g/mol. The lowest BCUT2D eigenvalue weighted by molar-refractivity contribution is 0.282. The molecule has 0 spiro atoms. The summed E-state index contributed by atoms with van der Waals surface area (Å²) in [6.45, 7) is 2.36. The topological polar surface area (TPSA) is 23.5 Å². The molecule has 2 rings (SSSR count). The zero-order valence-corrected chi connectivity index (χ0v) is 11.0. The standard InChI is InChI=1S/C13H18BrNO/c14-12-5-6-13(11(9-12)10-16)15-7-3-1-2-4-8-15/h5-6,9,16H,1-4,7-8,10H2. The van der Waals surface area contributed by atoms with Gasteiger partial charge in [0.25, 0.3) is 0 Å². The van der Waals surface area contributed by atoms with Crippen molar-refractivity contribution in [2.75, 3.05) is 18.0 Å². The Hall–Kier alpha value is -0.540. The van der Waals surface area contributed by atoms with Crippen molar-refractivity contribution in [3.05, 3.63) is 28.2 Å². The number of anilines is 1. The molecule has 0 aliphatic carbocycles. The number of aliphatic hydroxyl groups excluding tert-OH is 1. The Morgan fingerprint density at radius 1 is 1.12 bits per heavy atom. The van der Waals surface area contributed by atoms with Crippen molar-refractivity contribution in [3.8, 4) is 0 Å². The molecule has 0 aromatic heterocycles. The average molecular weight is 284 g/mol. The van der Waals surface area contributed by atoms with Crippen molar-refractivity contribution in [1.29, 1.82) is 0 Å². The summed E-state index contributed by atoms with van der Waals surface area (Å²) in [6, 6.07) is 6.18. The summed E-state index contributed by atoms with van der Waals surface area (Å²) in [7, 11) is 0. The molecule has 2 nitrogen and oxygen atoms in total. The van der Waals surface area contributed by atoms with Crippen molar-refractivity contribution >= 4 is 21.6 Å². The summed E-state index contributed by atoms with van der Waals surface area (Å²) in [5.41, 5.74) is 2.23. The van der Waals surface area contributed by atoms with Gasteiger partial charge in [0.15, 0.2) is 0 Å². The smallest absolute Gasteiger partial charge is 0.0702 e. The van der Waals surface area contributed by atoms with Gasteiger partial charge in [0, 0.05) is 28.8 Å². The second kappa shape index (κ2) is 5.69. The van der Waals surface area contributed by atoms with Crippen LogP contribution in [0.2, 0.25) is 0 Å². The van der Waals surface area contributed by atoms with Gasteiger partial charge in [-0.15, -0.1) is 0 Å². The van der Waals surface area contributed by atoms with Gasteiger partial charge in [-0.1, -0.05) is 28.8 Å². The molecule has 1 heterocycles. The normalized spacial score (nSPS) is 17.2. The van der Waals surface area contributed by atoms with Crippen molar-refractivity contribution < 1.29 is 5.11 Å². The van der Waals surface area contributed by atoms with Crippen LogP contribution in [0.25, 0.3) is 0 Å². The number of nitrogens with zero attached hydrogens (tertiary/aromatic N) is 1. The van der Waals surface area contributed by atoms with Gasteiger partial charge >= 0.3 is 0 Å². The van der Waals surface area contributed by atoms with E-state index in [2.05, 4.69) is 33.0 Å². The second-order valence-corrected chi connectivity index (χ2v) is 5.25. The summed E-state index contributed by atoms with van der Waals surface area (Å²) in [6.07, 6.45) is 5.20. The van der Waals surface area contributed by atoms with Gasteiger partial charge in [-0.2, -0.15) is 0 Å². The minimum atomic E-state index is 0.116. The molecule has 0 amide bonds. The highest BCUT2D eigenvalue weighted by Gasteiger charge is 2.13. The predicted molar refractivity (Wildman–Crippen MR) is 70.7 cm³/mol. The van der Waals surface area contributed by atoms with Gasteiger partial charge in [0.05, 0.1) is 6.61 Å². The van der Waals surface area contributed by atoms with Crippen LogP contribution < -0.4 is 4.90 Å². The van der Waals surface area contributed by atoms with Crippen LogP contribution in [0.1, 0.15) is 31.2 Å². The third kappa shape index (κ3) is 2.77. The molecule has 1 aromatic carbocycles.